The van der Waals surface area contributed by atoms with E-state index >= 15 is 0 Å². The van der Waals surface area contributed by atoms with E-state index in [0.29, 0.717) is 0 Å². The topological polar surface area (TPSA) is 6.48 Å². The average molecular weight is 445 g/mol. The molecule has 0 saturated heterocycles. The number of hydrogen-bond acceptors (Lipinski definition) is 2. The maximum absolute atomic E-state index is 3.24. The van der Waals surface area contributed by atoms with E-state index in [-0.39, 0.29) is 0 Å². The van der Waals surface area contributed by atoms with Crippen LogP contribution in [-0.2, 0) is 0 Å². The highest BCUT2D eigenvalue weighted by atomic mass is 15.1. The van der Waals surface area contributed by atoms with Gasteiger partial charge < -0.3 is 9.80 Å². The molecule has 0 radical (unpaired) electrons. The van der Waals surface area contributed by atoms with Gasteiger partial charge in [0.15, 0.2) is 0 Å². The van der Waals surface area contributed by atoms with Crippen LogP contribution >= 0.6 is 0 Å². The highest BCUT2D eigenvalue weighted by molar-refractivity contribution is 5.25. The summed E-state index contributed by atoms with van der Waals surface area (Å²) in [7, 11) is 0. The fraction of sp³-hybridized carbons (Fsp3) is 0.867. The van der Waals surface area contributed by atoms with Crippen molar-refractivity contribution in [3.05, 3.63) is 0 Å². The van der Waals surface area contributed by atoms with Crippen LogP contribution in [0.5, 0.6) is 0 Å². The molecule has 0 aromatic carbocycles. The molecular formula is C30H56N2. The molecule has 0 saturated carbocycles. The lowest BCUT2D eigenvalue weighted by atomic mass is 10.1. The molecule has 0 aromatic rings. The van der Waals surface area contributed by atoms with E-state index in [2.05, 4.69) is 61.2 Å². The zero-order valence-corrected chi connectivity index (χ0v) is 22.5. The van der Waals surface area contributed by atoms with Gasteiger partial charge in [0.2, 0.25) is 0 Å². The molecule has 0 unspecified atom stereocenters. The zero-order chi connectivity index (χ0) is 23.5. The summed E-state index contributed by atoms with van der Waals surface area (Å²) in [5.74, 6) is 12.6. The van der Waals surface area contributed by atoms with Crippen LogP contribution in [-0.4, -0.2) is 49.1 Å². The average Bonchev–Trinajstić information content (AvgIpc) is 2.82. The van der Waals surface area contributed by atoms with E-state index in [0.717, 1.165) is 12.8 Å². The standard InChI is InChI=1S/C30H56N2/c1-5-31(6-2)29-27-25-23-21-19-17-15-13-11-9-10-12-14-16-18-20-22-24-26-28-30-32(7-3)8-4/h5-8,13-30H2,1-4H3. The highest BCUT2D eigenvalue weighted by Gasteiger charge is 1.99. The molecule has 0 rings (SSSR count). The maximum atomic E-state index is 3.24. The van der Waals surface area contributed by atoms with Gasteiger partial charge in [0.25, 0.3) is 0 Å². The van der Waals surface area contributed by atoms with Gasteiger partial charge in [-0.05, 0) is 76.8 Å². The molecule has 0 aliphatic heterocycles. The van der Waals surface area contributed by atoms with E-state index in [4.69, 9.17) is 0 Å². The molecule has 0 aliphatic carbocycles. The lowest BCUT2D eigenvalue weighted by molar-refractivity contribution is 0.295. The molecular weight excluding hydrogens is 388 g/mol. The summed E-state index contributed by atoms with van der Waals surface area (Å²) in [6.45, 7) is 16.4. The van der Waals surface area contributed by atoms with Gasteiger partial charge in [-0.3, -0.25) is 0 Å². The Morgan fingerprint density at radius 1 is 0.375 bits per heavy atom. The molecule has 0 spiro atoms. The van der Waals surface area contributed by atoms with Gasteiger partial charge >= 0.3 is 0 Å². The summed E-state index contributed by atoms with van der Waals surface area (Å²) < 4.78 is 0. The third-order valence-corrected chi connectivity index (χ3v) is 6.58. The highest BCUT2D eigenvalue weighted by Crippen LogP contribution is 2.10. The predicted octanol–water partition coefficient (Wildman–Crippen LogP) is 7.92. The van der Waals surface area contributed by atoms with Crippen molar-refractivity contribution in [2.24, 2.45) is 0 Å². The van der Waals surface area contributed by atoms with Crippen molar-refractivity contribution in [1.82, 2.24) is 9.80 Å². The Morgan fingerprint density at radius 2 is 0.656 bits per heavy atom. The monoisotopic (exact) mass is 444 g/mol. The molecule has 0 N–H and O–H groups in total. The van der Waals surface area contributed by atoms with Crippen molar-refractivity contribution in [3.8, 4) is 23.7 Å². The minimum atomic E-state index is 1.02. The predicted molar refractivity (Wildman–Crippen MR) is 145 cm³/mol. The van der Waals surface area contributed by atoms with Crippen molar-refractivity contribution in [2.45, 2.75) is 130 Å². The Balaban J connectivity index is 3.33. The van der Waals surface area contributed by atoms with Gasteiger partial charge in [0, 0.05) is 12.8 Å². The summed E-state index contributed by atoms with van der Waals surface area (Å²) in [5, 5.41) is 0. The van der Waals surface area contributed by atoms with Crippen molar-refractivity contribution < 1.29 is 0 Å². The second-order valence-electron chi connectivity index (χ2n) is 9.11. The molecule has 0 atom stereocenters. The van der Waals surface area contributed by atoms with Crippen LogP contribution in [0.15, 0.2) is 0 Å². The quantitative estimate of drug-likeness (QED) is 0.124. The SMILES string of the molecule is CCN(CC)CCCCCCCCCC#CC#CCCCCCCCCCN(CC)CC. The van der Waals surface area contributed by atoms with Crippen LogP contribution in [0.3, 0.4) is 0 Å². The second-order valence-corrected chi connectivity index (χ2v) is 9.11. The first-order valence-electron chi connectivity index (χ1n) is 14.2. The molecule has 0 amide bonds. The number of unbranched alkanes of at least 4 members (excludes halogenated alkanes) is 14. The lowest BCUT2D eigenvalue weighted by Crippen LogP contribution is -2.23. The summed E-state index contributed by atoms with van der Waals surface area (Å²) in [5.41, 5.74) is 0. The van der Waals surface area contributed by atoms with Crippen LogP contribution in [0.4, 0.5) is 0 Å². The van der Waals surface area contributed by atoms with E-state index in [9.17, 15) is 0 Å². The summed E-state index contributed by atoms with van der Waals surface area (Å²) in [4.78, 5) is 5.05. The van der Waals surface area contributed by atoms with Crippen LogP contribution in [0.25, 0.3) is 0 Å². The van der Waals surface area contributed by atoms with Crippen LogP contribution in [0.2, 0.25) is 0 Å². The summed E-state index contributed by atoms with van der Waals surface area (Å²) >= 11 is 0. The Morgan fingerprint density at radius 3 is 0.969 bits per heavy atom. The molecule has 0 bridgehead atoms. The van der Waals surface area contributed by atoms with Gasteiger partial charge in [-0.2, -0.15) is 0 Å². The maximum Gasteiger partial charge on any atom is 0.00989 e. The molecule has 2 nitrogen and oxygen atoms in total. The molecule has 0 heterocycles. The third kappa shape index (κ3) is 22.2. The third-order valence-electron chi connectivity index (χ3n) is 6.58. The number of rotatable bonds is 22. The van der Waals surface area contributed by atoms with Crippen molar-refractivity contribution in [1.29, 1.82) is 0 Å². The van der Waals surface area contributed by atoms with Gasteiger partial charge in [-0.1, -0.05) is 104 Å². The number of hydrogen-bond donors (Lipinski definition) is 0. The van der Waals surface area contributed by atoms with E-state index in [1.54, 1.807) is 0 Å². The Hall–Kier alpha value is -0.960. The van der Waals surface area contributed by atoms with Crippen molar-refractivity contribution >= 4 is 0 Å². The Labute approximate surface area is 203 Å². The summed E-state index contributed by atoms with van der Waals surface area (Å²) in [6.07, 6.45) is 21.0. The molecule has 186 valence electrons. The normalized spacial score (nSPS) is 10.8. The zero-order valence-electron chi connectivity index (χ0n) is 22.5. The lowest BCUT2D eigenvalue weighted by Gasteiger charge is -2.17. The van der Waals surface area contributed by atoms with Gasteiger partial charge in [0.1, 0.15) is 0 Å². The fourth-order valence-corrected chi connectivity index (χ4v) is 4.16. The van der Waals surface area contributed by atoms with Crippen LogP contribution in [0, 0.1) is 23.7 Å². The van der Waals surface area contributed by atoms with Crippen molar-refractivity contribution in [3.63, 3.8) is 0 Å². The van der Waals surface area contributed by atoms with Gasteiger partial charge in [0.05, 0.1) is 0 Å². The molecule has 0 aromatic heterocycles. The van der Waals surface area contributed by atoms with Crippen LogP contribution < -0.4 is 0 Å². The second kappa shape index (κ2) is 26.3. The van der Waals surface area contributed by atoms with E-state index in [1.807, 2.05) is 0 Å². The molecule has 0 aliphatic rings. The molecule has 0 fully saturated rings. The number of nitrogens with zero attached hydrogens (tertiary/aromatic N) is 2. The first-order chi connectivity index (χ1) is 15.8. The van der Waals surface area contributed by atoms with Gasteiger partial charge in [-0.25, -0.2) is 0 Å². The minimum Gasteiger partial charge on any atom is -0.304 e. The van der Waals surface area contributed by atoms with Crippen molar-refractivity contribution in [2.75, 3.05) is 39.3 Å². The fourth-order valence-electron chi connectivity index (χ4n) is 4.16. The first kappa shape index (κ1) is 31.0. The summed E-state index contributed by atoms with van der Waals surface area (Å²) in [6, 6.07) is 0. The molecule has 2 heteroatoms. The largest absolute Gasteiger partial charge is 0.304 e. The minimum absolute atomic E-state index is 1.02. The Kier molecular flexibility index (Phi) is 25.5. The van der Waals surface area contributed by atoms with Crippen LogP contribution in [0.1, 0.15) is 130 Å². The smallest absolute Gasteiger partial charge is 0.00989 e. The molecule has 32 heavy (non-hydrogen) atoms. The Bertz CT molecular complexity index is 436. The first-order valence-corrected chi connectivity index (χ1v) is 14.2. The van der Waals surface area contributed by atoms with E-state index < -0.39 is 0 Å². The van der Waals surface area contributed by atoms with Gasteiger partial charge in [-0.15, -0.1) is 0 Å². The van der Waals surface area contributed by atoms with E-state index in [1.165, 1.54) is 129 Å².